The van der Waals surface area contributed by atoms with E-state index in [0.29, 0.717) is 0 Å². The standard InChI is InChI=1S/C16H19N3O/c1-4-11(2)19-10-13-6-5-12(7-15(13)16(19)20)14-8-17-18(3)9-14/h5-9,11H,4,10H2,1-3H3/t11-/m1/s1. The summed E-state index contributed by atoms with van der Waals surface area (Å²) in [4.78, 5) is 14.4. The molecule has 1 aromatic carbocycles. The second-order valence-electron chi connectivity index (χ2n) is 5.46. The van der Waals surface area contributed by atoms with Crippen LogP contribution in [0.15, 0.2) is 30.6 Å². The first-order valence-corrected chi connectivity index (χ1v) is 7.03. The molecular weight excluding hydrogens is 250 g/mol. The number of amides is 1. The predicted molar refractivity (Wildman–Crippen MR) is 78.3 cm³/mol. The Hall–Kier alpha value is -2.10. The Morgan fingerprint density at radius 2 is 2.15 bits per heavy atom. The van der Waals surface area contributed by atoms with Crippen LogP contribution in [0.2, 0.25) is 0 Å². The molecule has 0 aliphatic carbocycles. The number of aromatic nitrogens is 2. The molecule has 0 spiro atoms. The molecule has 0 fully saturated rings. The van der Waals surface area contributed by atoms with E-state index < -0.39 is 0 Å². The highest BCUT2D eigenvalue weighted by Crippen LogP contribution is 2.29. The van der Waals surface area contributed by atoms with Gasteiger partial charge in [-0.05, 0) is 30.5 Å². The second kappa shape index (κ2) is 4.78. The predicted octanol–water partition coefficient (Wildman–Crippen LogP) is 2.84. The molecule has 1 aliphatic heterocycles. The van der Waals surface area contributed by atoms with Gasteiger partial charge in [0.25, 0.3) is 5.91 Å². The van der Waals surface area contributed by atoms with Crippen molar-refractivity contribution in [1.29, 1.82) is 0 Å². The SMILES string of the molecule is CC[C@@H](C)N1Cc2ccc(-c3cnn(C)c3)cc2C1=O. The normalized spacial score (nSPS) is 15.6. The number of nitrogens with zero attached hydrogens (tertiary/aromatic N) is 3. The first kappa shape index (κ1) is 12.9. The summed E-state index contributed by atoms with van der Waals surface area (Å²) in [6, 6.07) is 6.43. The van der Waals surface area contributed by atoms with Crippen molar-refractivity contribution in [3.05, 3.63) is 41.7 Å². The van der Waals surface area contributed by atoms with E-state index in [2.05, 4.69) is 31.1 Å². The molecule has 4 nitrogen and oxygen atoms in total. The van der Waals surface area contributed by atoms with E-state index in [4.69, 9.17) is 0 Å². The van der Waals surface area contributed by atoms with E-state index in [-0.39, 0.29) is 11.9 Å². The Morgan fingerprint density at radius 3 is 2.80 bits per heavy atom. The van der Waals surface area contributed by atoms with Crippen molar-refractivity contribution in [3.63, 3.8) is 0 Å². The van der Waals surface area contributed by atoms with Gasteiger partial charge in [-0.25, -0.2) is 0 Å². The van der Waals surface area contributed by atoms with E-state index in [1.165, 1.54) is 0 Å². The third kappa shape index (κ3) is 2.01. The maximum absolute atomic E-state index is 12.5. The smallest absolute Gasteiger partial charge is 0.254 e. The zero-order valence-electron chi connectivity index (χ0n) is 12.1. The minimum atomic E-state index is 0.153. The summed E-state index contributed by atoms with van der Waals surface area (Å²) >= 11 is 0. The average Bonchev–Trinajstić information content (AvgIpc) is 3.02. The average molecular weight is 269 g/mol. The van der Waals surface area contributed by atoms with Crippen LogP contribution in [0, 0.1) is 0 Å². The summed E-state index contributed by atoms with van der Waals surface area (Å²) in [5, 5.41) is 4.18. The summed E-state index contributed by atoms with van der Waals surface area (Å²) in [5.74, 6) is 0.153. The summed E-state index contributed by atoms with van der Waals surface area (Å²) in [6.07, 6.45) is 4.77. The first-order valence-electron chi connectivity index (χ1n) is 7.03. The molecule has 0 saturated heterocycles. The van der Waals surface area contributed by atoms with Gasteiger partial charge in [0, 0.05) is 37.0 Å². The molecule has 0 bridgehead atoms. The molecule has 0 N–H and O–H groups in total. The van der Waals surface area contributed by atoms with Crippen LogP contribution >= 0.6 is 0 Å². The van der Waals surface area contributed by atoms with Crippen molar-refractivity contribution in [1.82, 2.24) is 14.7 Å². The zero-order chi connectivity index (χ0) is 14.3. The molecule has 1 atom stereocenters. The van der Waals surface area contributed by atoms with E-state index in [9.17, 15) is 4.79 Å². The van der Waals surface area contributed by atoms with Gasteiger partial charge in [-0.3, -0.25) is 9.48 Å². The van der Waals surface area contributed by atoms with Gasteiger partial charge >= 0.3 is 0 Å². The Bertz CT molecular complexity index is 659. The fourth-order valence-corrected chi connectivity index (χ4v) is 2.65. The van der Waals surface area contributed by atoms with Crippen molar-refractivity contribution in [2.24, 2.45) is 7.05 Å². The van der Waals surface area contributed by atoms with Gasteiger partial charge in [-0.2, -0.15) is 5.10 Å². The lowest BCUT2D eigenvalue weighted by Gasteiger charge is -2.22. The lowest BCUT2D eigenvalue weighted by Crippen LogP contribution is -2.32. The number of rotatable bonds is 3. The molecule has 0 unspecified atom stereocenters. The number of hydrogen-bond donors (Lipinski definition) is 0. The van der Waals surface area contributed by atoms with Gasteiger partial charge in [-0.15, -0.1) is 0 Å². The van der Waals surface area contributed by atoms with Crippen molar-refractivity contribution in [3.8, 4) is 11.1 Å². The number of fused-ring (bicyclic) bond motifs is 1. The summed E-state index contributed by atoms with van der Waals surface area (Å²) in [7, 11) is 1.90. The molecule has 1 aliphatic rings. The monoisotopic (exact) mass is 269 g/mol. The minimum Gasteiger partial charge on any atom is -0.332 e. The third-order valence-electron chi connectivity index (χ3n) is 4.10. The highest BCUT2D eigenvalue weighted by atomic mass is 16.2. The largest absolute Gasteiger partial charge is 0.332 e. The zero-order valence-corrected chi connectivity index (χ0v) is 12.1. The van der Waals surface area contributed by atoms with Crippen LogP contribution < -0.4 is 0 Å². The lowest BCUT2D eigenvalue weighted by molar-refractivity contribution is 0.0713. The van der Waals surface area contributed by atoms with Crippen molar-refractivity contribution < 1.29 is 4.79 Å². The number of carbonyl (C=O) groups excluding carboxylic acids is 1. The van der Waals surface area contributed by atoms with Gasteiger partial charge < -0.3 is 4.90 Å². The number of benzene rings is 1. The van der Waals surface area contributed by atoms with E-state index >= 15 is 0 Å². The molecule has 4 heteroatoms. The van der Waals surface area contributed by atoms with Crippen LogP contribution in [-0.2, 0) is 13.6 Å². The van der Waals surface area contributed by atoms with Gasteiger partial charge in [0.05, 0.1) is 6.20 Å². The summed E-state index contributed by atoms with van der Waals surface area (Å²) in [5.41, 5.74) is 4.07. The Kier molecular flexibility index (Phi) is 3.08. The quantitative estimate of drug-likeness (QED) is 0.859. The fourth-order valence-electron chi connectivity index (χ4n) is 2.65. The van der Waals surface area contributed by atoms with Crippen molar-refractivity contribution >= 4 is 5.91 Å². The maximum Gasteiger partial charge on any atom is 0.254 e. The van der Waals surface area contributed by atoms with E-state index in [1.807, 2.05) is 30.4 Å². The molecular formula is C16H19N3O. The van der Waals surface area contributed by atoms with E-state index in [1.54, 1.807) is 4.68 Å². The fraction of sp³-hybridized carbons (Fsp3) is 0.375. The Labute approximate surface area is 119 Å². The van der Waals surface area contributed by atoms with Crippen LogP contribution in [0.5, 0.6) is 0 Å². The highest BCUT2D eigenvalue weighted by Gasteiger charge is 2.30. The molecule has 2 aromatic rings. The van der Waals surface area contributed by atoms with Gasteiger partial charge in [0.15, 0.2) is 0 Å². The topological polar surface area (TPSA) is 38.1 Å². The summed E-state index contributed by atoms with van der Waals surface area (Å²) in [6.45, 7) is 4.95. The van der Waals surface area contributed by atoms with Crippen LogP contribution in [-0.4, -0.2) is 26.6 Å². The van der Waals surface area contributed by atoms with E-state index in [0.717, 1.165) is 35.2 Å². The van der Waals surface area contributed by atoms with Crippen LogP contribution in [0.25, 0.3) is 11.1 Å². The minimum absolute atomic E-state index is 0.153. The van der Waals surface area contributed by atoms with Crippen molar-refractivity contribution in [2.75, 3.05) is 0 Å². The number of carbonyl (C=O) groups is 1. The summed E-state index contributed by atoms with van der Waals surface area (Å²) < 4.78 is 1.77. The lowest BCUT2D eigenvalue weighted by atomic mass is 10.0. The Morgan fingerprint density at radius 1 is 1.35 bits per heavy atom. The molecule has 104 valence electrons. The van der Waals surface area contributed by atoms with Crippen LogP contribution in [0.3, 0.4) is 0 Å². The second-order valence-corrected chi connectivity index (χ2v) is 5.46. The molecule has 2 heterocycles. The molecule has 1 amide bonds. The van der Waals surface area contributed by atoms with Crippen LogP contribution in [0.4, 0.5) is 0 Å². The molecule has 0 saturated carbocycles. The highest BCUT2D eigenvalue weighted by molar-refractivity contribution is 5.99. The molecule has 20 heavy (non-hydrogen) atoms. The molecule has 3 rings (SSSR count). The number of aryl methyl sites for hydroxylation is 1. The Balaban J connectivity index is 1.96. The van der Waals surface area contributed by atoms with Gasteiger partial charge in [0.2, 0.25) is 0 Å². The molecule has 0 radical (unpaired) electrons. The third-order valence-corrected chi connectivity index (χ3v) is 4.10. The first-order chi connectivity index (χ1) is 9.60. The van der Waals surface area contributed by atoms with Gasteiger partial charge in [0.1, 0.15) is 0 Å². The molecule has 1 aromatic heterocycles. The number of hydrogen-bond acceptors (Lipinski definition) is 2. The van der Waals surface area contributed by atoms with Crippen LogP contribution in [0.1, 0.15) is 36.2 Å². The van der Waals surface area contributed by atoms with Gasteiger partial charge in [-0.1, -0.05) is 19.1 Å². The maximum atomic E-state index is 12.5. The van der Waals surface area contributed by atoms with Crippen molar-refractivity contribution in [2.45, 2.75) is 32.9 Å².